The van der Waals surface area contributed by atoms with Gasteiger partial charge in [0.25, 0.3) is 5.91 Å². The molecular weight excluding hydrogens is 387 g/mol. The maximum atomic E-state index is 13.1. The number of rotatable bonds is 3. The van der Waals surface area contributed by atoms with E-state index >= 15 is 0 Å². The lowest BCUT2D eigenvalue weighted by molar-refractivity contribution is -0.130. The first-order chi connectivity index (χ1) is 11.9. The van der Waals surface area contributed by atoms with Gasteiger partial charge in [0.15, 0.2) is 0 Å². The van der Waals surface area contributed by atoms with Crippen LogP contribution in [-0.2, 0) is 4.79 Å². The highest BCUT2D eigenvalue weighted by Gasteiger charge is 2.51. The van der Waals surface area contributed by atoms with Gasteiger partial charge in [-0.05, 0) is 95.8 Å². The van der Waals surface area contributed by atoms with Crippen LogP contribution in [0.25, 0.3) is 0 Å². The van der Waals surface area contributed by atoms with Gasteiger partial charge in [0.2, 0.25) is 5.91 Å². The van der Waals surface area contributed by atoms with Crippen molar-refractivity contribution in [2.45, 2.75) is 44.9 Å². The number of carbonyl (C=O) groups excluding carboxylic acids is 2. The fourth-order valence-electron chi connectivity index (χ4n) is 5.76. The summed E-state index contributed by atoms with van der Waals surface area (Å²) in [7, 11) is 0. The minimum absolute atomic E-state index is 0.131. The SMILES string of the molecule is O=C(CC12CC3CC(CC(C3)C1)C2)NNC(=O)c1ccc(F)cc1Br. The fraction of sp³-hybridized carbons (Fsp3) is 0.579. The highest BCUT2D eigenvalue weighted by molar-refractivity contribution is 9.10. The third-order valence-electron chi connectivity index (χ3n) is 6.19. The number of hydrogen-bond donors (Lipinski definition) is 2. The summed E-state index contributed by atoms with van der Waals surface area (Å²) < 4.78 is 13.5. The minimum Gasteiger partial charge on any atom is -0.273 e. The van der Waals surface area contributed by atoms with Crippen LogP contribution in [0.1, 0.15) is 55.3 Å². The lowest BCUT2D eigenvalue weighted by Crippen LogP contribution is -2.50. The van der Waals surface area contributed by atoms with Gasteiger partial charge in [-0.2, -0.15) is 0 Å². The third kappa shape index (κ3) is 3.46. The molecule has 4 bridgehead atoms. The smallest absolute Gasteiger partial charge is 0.270 e. The molecule has 0 atom stereocenters. The third-order valence-corrected chi connectivity index (χ3v) is 6.85. The van der Waals surface area contributed by atoms with Crippen LogP contribution in [0.15, 0.2) is 22.7 Å². The molecule has 0 unspecified atom stereocenters. The van der Waals surface area contributed by atoms with Crippen LogP contribution in [0.2, 0.25) is 0 Å². The molecule has 4 nitrogen and oxygen atoms in total. The van der Waals surface area contributed by atoms with Crippen molar-refractivity contribution in [2.24, 2.45) is 23.2 Å². The van der Waals surface area contributed by atoms with E-state index in [9.17, 15) is 14.0 Å². The van der Waals surface area contributed by atoms with Crippen molar-refractivity contribution in [3.05, 3.63) is 34.1 Å². The first-order valence-electron chi connectivity index (χ1n) is 8.97. The zero-order valence-electron chi connectivity index (χ0n) is 14.0. The van der Waals surface area contributed by atoms with Crippen LogP contribution in [0.3, 0.4) is 0 Å². The Bertz CT molecular complexity index is 686. The quantitative estimate of drug-likeness (QED) is 0.743. The Kier molecular flexibility index (Phi) is 4.34. The summed E-state index contributed by atoms with van der Waals surface area (Å²) >= 11 is 3.17. The average molecular weight is 409 g/mol. The molecule has 4 aliphatic rings. The van der Waals surface area contributed by atoms with Crippen molar-refractivity contribution < 1.29 is 14.0 Å². The highest BCUT2D eigenvalue weighted by atomic mass is 79.9. The molecule has 0 radical (unpaired) electrons. The molecule has 0 aromatic heterocycles. The minimum atomic E-state index is -0.453. The average Bonchev–Trinajstić information content (AvgIpc) is 2.50. The second kappa shape index (κ2) is 6.38. The molecule has 2 N–H and O–H groups in total. The largest absolute Gasteiger partial charge is 0.273 e. The number of carbonyl (C=O) groups is 2. The first kappa shape index (κ1) is 17.0. The summed E-state index contributed by atoms with van der Waals surface area (Å²) in [4.78, 5) is 24.6. The zero-order chi connectivity index (χ0) is 17.6. The molecule has 2 amide bonds. The van der Waals surface area contributed by atoms with Gasteiger partial charge in [-0.1, -0.05) is 0 Å². The molecule has 134 valence electrons. The fourth-order valence-corrected chi connectivity index (χ4v) is 6.29. The Morgan fingerprint density at radius 1 is 1.08 bits per heavy atom. The number of hydrazine groups is 1. The van der Waals surface area contributed by atoms with E-state index in [0.29, 0.717) is 10.9 Å². The maximum Gasteiger partial charge on any atom is 0.270 e. The van der Waals surface area contributed by atoms with Gasteiger partial charge in [-0.15, -0.1) is 0 Å². The van der Waals surface area contributed by atoms with Crippen molar-refractivity contribution in [3.8, 4) is 0 Å². The van der Waals surface area contributed by atoms with Crippen LogP contribution in [-0.4, -0.2) is 11.8 Å². The van der Waals surface area contributed by atoms with Gasteiger partial charge < -0.3 is 0 Å². The second-order valence-corrected chi connectivity index (χ2v) is 9.08. The lowest BCUT2D eigenvalue weighted by Gasteiger charge is -2.56. The molecule has 0 heterocycles. The Morgan fingerprint density at radius 2 is 1.68 bits per heavy atom. The van der Waals surface area contributed by atoms with E-state index in [4.69, 9.17) is 0 Å². The normalized spacial score (nSPS) is 32.5. The molecule has 0 spiro atoms. The summed E-state index contributed by atoms with van der Waals surface area (Å²) in [6.45, 7) is 0. The van der Waals surface area contributed by atoms with Crippen molar-refractivity contribution in [1.82, 2.24) is 10.9 Å². The van der Waals surface area contributed by atoms with E-state index in [1.165, 1.54) is 37.5 Å². The number of hydrogen-bond acceptors (Lipinski definition) is 2. The molecule has 4 fully saturated rings. The van der Waals surface area contributed by atoms with E-state index in [1.54, 1.807) is 0 Å². The van der Waals surface area contributed by atoms with Gasteiger partial charge in [-0.3, -0.25) is 20.4 Å². The van der Waals surface area contributed by atoms with Crippen molar-refractivity contribution in [3.63, 3.8) is 0 Å². The number of benzene rings is 1. The number of halogens is 2. The molecule has 6 heteroatoms. The standard InChI is InChI=1S/C19H22BrFN2O2/c20-16-6-14(21)1-2-15(16)18(25)23-22-17(24)10-19-7-11-3-12(8-19)5-13(4-11)9-19/h1-2,6,11-13H,3-5,7-10H2,(H,22,24)(H,23,25). The number of nitrogens with one attached hydrogen (secondary N) is 2. The van der Waals surface area contributed by atoms with Gasteiger partial charge in [-0.25, -0.2) is 4.39 Å². The Labute approximate surface area is 155 Å². The van der Waals surface area contributed by atoms with Gasteiger partial charge in [0.1, 0.15) is 5.82 Å². The van der Waals surface area contributed by atoms with Gasteiger partial charge in [0, 0.05) is 10.9 Å². The molecule has 4 saturated carbocycles. The molecule has 4 aliphatic carbocycles. The van der Waals surface area contributed by atoms with Crippen LogP contribution in [0, 0.1) is 29.0 Å². The molecule has 5 rings (SSSR count). The molecule has 1 aromatic rings. The van der Waals surface area contributed by atoms with E-state index in [-0.39, 0.29) is 16.9 Å². The summed E-state index contributed by atoms with van der Waals surface area (Å²) in [5.74, 6) is 1.38. The molecule has 0 aliphatic heterocycles. The second-order valence-electron chi connectivity index (χ2n) is 8.22. The van der Waals surface area contributed by atoms with Crippen LogP contribution < -0.4 is 10.9 Å². The summed E-state index contributed by atoms with van der Waals surface area (Å²) in [5, 5.41) is 0. The van der Waals surface area contributed by atoms with Crippen LogP contribution in [0.4, 0.5) is 4.39 Å². The Balaban J connectivity index is 1.34. The Morgan fingerprint density at radius 3 is 2.24 bits per heavy atom. The van der Waals surface area contributed by atoms with Crippen LogP contribution >= 0.6 is 15.9 Å². The monoisotopic (exact) mass is 408 g/mol. The maximum absolute atomic E-state index is 13.1. The predicted octanol–water partition coefficient (Wildman–Crippen LogP) is 3.96. The van der Waals surface area contributed by atoms with Gasteiger partial charge >= 0.3 is 0 Å². The topological polar surface area (TPSA) is 58.2 Å². The summed E-state index contributed by atoms with van der Waals surface area (Å²) in [6.07, 6.45) is 7.99. The van der Waals surface area contributed by atoms with Crippen LogP contribution in [0.5, 0.6) is 0 Å². The molecule has 0 saturated heterocycles. The molecule has 1 aromatic carbocycles. The zero-order valence-corrected chi connectivity index (χ0v) is 15.6. The first-order valence-corrected chi connectivity index (χ1v) is 9.76. The number of amides is 2. The molecule has 25 heavy (non-hydrogen) atoms. The highest BCUT2D eigenvalue weighted by Crippen LogP contribution is 2.61. The van der Waals surface area contributed by atoms with E-state index in [0.717, 1.165) is 37.0 Å². The van der Waals surface area contributed by atoms with Gasteiger partial charge in [0.05, 0.1) is 5.56 Å². The predicted molar refractivity (Wildman–Crippen MR) is 94.9 cm³/mol. The van der Waals surface area contributed by atoms with E-state index in [2.05, 4.69) is 26.8 Å². The summed E-state index contributed by atoms with van der Waals surface area (Å²) in [5.41, 5.74) is 5.42. The summed E-state index contributed by atoms with van der Waals surface area (Å²) in [6, 6.07) is 3.84. The van der Waals surface area contributed by atoms with E-state index < -0.39 is 11.7 Å². The Hall–Kier alpha value is -1.43. The van der Waals surface area contributed by atoms with Crippen molar-refractivity contribution in [1.29, 1.82) is 0 Å². The van der Waals surface area contributed by atoms with Crippen molar-refractivity contribution in [2.75, 3.05) is 0 Å². The van der Waals surface area contributed by atoms with E-state index in [1.807, 2.05) is 0 Å². The lowest BCUT2D eigenvalue weighted by atomic mass is 9.49. The molecular formula is C19H22BrFN2O2. The van der Waals surface area contributed by atoms with Crippen molar-refractivity contribution >= 4 is 27.7 Å².